The molecule has 17 heteroatoms. The molecule has 0 saturated heterocycles. The van der Waals surface area contributed by atoms with Gasteiger partial charge in [0, 0.05) is 44.6 Å². The number of methoxy groups -OCH3 is 2. The van der Waals surface area contributed by atoms with Crippen molar-refractivity contribution < 1.29 is 37.7 Å². The quantitative estimate of drug-likeness (QED) is 0.0830. The highest BCUT2D eigenvalue weighted by molar-refractivity contribution is 7.92. The molecule has 4 aromatic carbocycles. The highest BCUT2D eigenvalue weighted by atomic mass is 32.2. The van der Waals surface area contributed by atoms with Gasteiger partial charge < -0.3 is 46.0 Å². The van der Waals surface area contributed by atoms with Gasteiger partial charge in [0.15, 0.2) is 0 Å². The van der Waals surface area contributed by atoms with Crippen LogP contribution in [0.4, 0.5) is 22.7 Å². The van der Waals surface area contributed by atoms with Gasteiger partial charge in [-0.05, 0) is 83.9 Å². The number of hydrogen-bond acceptors (Lipinski definition) is 13. The lowest BCUT2D eigenvalue weighted by atomic mass is 10.1. The van der Waals surface area contributed by atoms with Crippen LogP contribution >= 0.6 is 0 Å². The number of anilines is 4. The number of ether oxygens (including phenoxy) is 2. The number of nitrogens with zero attached hydrogens (tertiary/aromatic N) is 2. The molecule has 8 rings (SSSR count). The van der Waals surface area contributed by atoms with Crippen LogP contribution in [0, 0.1) is 0 Å². The van der Waals surface area contributed by atoms with Crippen molar-refractivity contribution in [1.82, 2.24) is 9.97 Å². The first-order valence-corrected chi connectivity index (χ1v) is 18.2. The summed E-state index contributed by atoms with van der Waals surface area (Å²) >= 11 is 0. The maximum atomic E-state index is 11.9. The van der Waals surface area contributed by atoms with Gasteiger partial charge in [-0.15, -0.1) is 0 Å². The van der Waals surface area contributed by atoms with Gasteiger partial charge in [-0.3, -0.25) is 14.7 Å². The van der Waals surface area contributed by atoms with Crippen molar-refractivity contribution in [3.05, 3.63) is 106 Å². The first kappa shape index (κ1) is 35.4. The number of carbonyl (C=O) groups is 2. The number of aromatic amines is 2. The molecular formula is C37H34N8O8S. The van der Waals surface area contributed by atoms with Crippen LogP contribution in [0.5, 0.6) is 11.8 Å². The van der Waals surface area contributed by atoms with Crippen molar-refractivity contribution in [2.75, 3.05) is 41.6 Å². The summed E-state index contributed by atoms with van der Waals surface area (Å²) in [7, 11) is -0.739. The van der Waals surface area contributed by atoms with Crippen molar-refractivity contribution in [2.24, 2.45) is 9.98 Å². The number of fused-ring (bicyclic) bond motifs is 4. The number of rotatable bonds is 6. The van der Waals surface area contributed by atoms with Crippen LogP contribution in [0.15, 0.2) is 82.8 Å². The molecule has 0 amide bonds. The largest absolute Gasteiger partial charge is 0.494 e. The molecule has 0 radical (unpaired) electrons. The molecule has 2 aromatic heterocycles. The van der Waals surface area contributed by atoms with Crippen LogP contribution < -0.4 is 21.1 Å². The van der Waals surface area contributed by atoms with E-state index < -0.39 is 22.0 Å². The standard InChI is InChI=1S/C19H18N4O5S.C18H16N4O3/c1-28-19(25)10-3-5-15-13(8-10)16(18(24)22-15)17-20-9-11-7-12(23-29(2,26)27)4-6-14(11)21-17;1-25-18(24)9-2-4-14-12(7-9)15(17(23)22-14)16-20-8-10-6-11(19)3-5-13(10)21-16/h3-8,22-24H,9H2,1-2H3,(H,20,21);2-7,22-23H,8,19H2,1H3,(H,20,21). The number of hydrogen-bond donors (Lipinski definition) is 8. The predicted molar refractivity (Wildman–Crippen MR) is 206 cm³/mol. The maximum Gasteiger partial charge on any atom is 0.337 e. The molecule has 0 unspecified atom stereocenters. The summed E-state index contributed by atoms with van der Waals surface area (Å²) in [4.78, 5) is 38.4. The average Bonchev–Trinajstić information content (AvgIpc) is 3.67. The Bertz CT molecular complexity index is 2680. The van der Waals surface area contributed by atoms with Gasteiger partial charge >= 0.3 is 11.9 Å². The fourth-order valence-corrected chi connectivity index (χ4v) is 6.82. The minimum atomic E-state index is -3.37. The third-order valence-corrected chi connectivity index (χ3v) is 9.34. The van der Waals surface area contributed by atoms with E-state index in [0.717, 1.165) is 28.8 Å². The lowest BCUT2D eigenvalue weighted by Gasteiger charge is -2.19. The number of aliphatic imine (C=N–C) groups is 2. The van der Waals surface area contributed by atoms with Crippen molar-refractivity contribution >= 4 is 78.2 Å². The molecule has 0 atom stereocenters. The Hall–Kier alpha value is -7.01. The lowest BCUT2D eigenvalue weighted by Crippen LogP contribution is -2.19. The Morgan fingerprint density at radius 3 is 1.69 bits per heavy atom. The molecule has 4 heterocycles. The minimum Gasteiger partial charge on any atom is -0.494 e. The highest BCUT2D eigenvalue weighted by Gasteiger charge is 2.24. The second-order valence-electron chi connectivity index (χ2n) is 12.4. The SMILES string of the molecule is COC(=O)c1ccc2[nH]c(O)c(C3=NCc4cc(N)ccc4N3)c2c1.COC(=O)c1ccc2[nH]c(O)c(C3=NCc4cc(NS(C)(=O)=O)ccc4N3)c2c1. The Kier molecular flexibility index (Phi) is 9.08. The number of aromatic nitrogens is 2. The third kappa shape index (κ3) is 6.94. The zero-order valence-corrected chi connectivity index (χ0v) is 29.9. The average molecular weight is 751 g/mol. The Morgan fingerprint density at radius 1 is 0.722 bits per heavy atom. The lowest BCUT2D eigenvalue weighted by molar-refractivity contribution is 0.0592. The van der Waals surface area contributed by atoms with E-state index in [1.165, 1.54) is 14.2 Å². The smallest absolute Gasteiger partial charge is 0.337 e. The number of esters is 2. The van der Waals surface area contributed by atoms with Gasteiger partial charge in [0.1, 0.15) is 11.7 Å². The van der Waals surface area contributed by atoms with Crippen molar-refractivity contribution in [2.45, 2.75) is 13.1 Å². The van der Waals surface area contributed by atoms with Gasteiger partial charge in [0.2, 0.25) is 21.8 Å². The summed E-state index contributed by atoms with van der Waals surface area (Å²) in [6.07, 6.45) is 1.09. The molecule has 16 nitrogen and oxygen atoms in total. The number of carbonyl (C=O) groups excluding carboxylic acids is 2. The van der Waals surface area contributed by atoms with Crippen molar-refractivity contribution in [1.29, 1.82) is 0 Å². The number of benzene rings is 4. The third-order valence-electron chi connectivity index (χ3n) is 8.73. The van der Waals surface area contributed by atoms with Crippen molar-refractivity contribution in [3.63, 3.8) is 0 Å². The Morgan fingerprint density at radius 2 is 1.20 bits per heavy atom. The molecule has 2 aliphatic rings. The summed E-state index contributed by atoms with van der Waals surface area (Å²) in [5.74, 6) is -0.0365. The molecule has 0 saturated carbocycles. The second kappa shape index (κ2) is 13.8. The van der Waals surface area contributed by atoms with E-state index in [1.807, 2.05) is 12.1 Å². The molecule has 54 heavy (non-hydrogen) atoms. The van der Waals surface area contributed by atoms with E-state index in [4.69, 9.17) is 15.2 Å². The first-order chi connectivity index (χ1) is 25.8. The maximum absolute atomic E-state index is 11.9. The Balaban J connectivity index is 0.000000168. The van der Waals surface area contributed by atoms with Gasteiger partial charge in [0.25, 0.3) is 0 Å². The van der Waals surface area contributed by atoms with E-state index in [0.29, 0.717) is 80.2 Å². The number of amidine groups is 2. The predicted octanol–water partition coefficient (Wildman–Crippen LogP) is 5.02. The number of H-pyrrole nitrogens is 2. The fraction of sp³-hybridized carbons (Fsp3) is 0.135. The fourth-order valence-electron chi connectivity index (χ4n) is 6.26. The molecular weight excluding hydrogens is 717 g/mol. The first-order valence-electron chi connectivity index (χ1n) is 16.3. The number of sulfonamides is 1. The van der Waals surface area contributed by atoms with E-state index in [2.05, 4.69) is 35.3 Å². The van der Waals surface area contributed by atoms with E-state index in [9.17, 15) is 28.2 Å². The Labute approximate surface area is 307 Å². The summed E-state index contributed by atoms with van der Waals surface area (Å²) in [6.45, 7) is 0.741. The van der Waals surface area contributed by atoms with Crippen LogP contribution in [-0.2, 0) is 32.6 Å². The molecule has 0 bridgehead atoms. The number of nitrogen functional groups attached to an aromatic ring is 1. The number of aromatic hydroxyl groups is 2. The van der Waals surface area contributed by atoms with Crippen LogP contribution in [-0.4, -0.2) is 72.7 Å². The van der Waals surface area contributed by atoms with E-state index >= 15 is 0 Å². The van der Waals surface area contributed by atoms with Crippen LogP contribution in [0.3, 0.4) is 0 Å². The molecule has 2 aliphatic heterocycles. The molecule has 0 aliphatic carbocycles. The van der Waals surface area contributed by atoms with E-state index in [-0.39, 0.29) is 11.8 Å². The highest BCUT2D eigenvalue weighted by Crippen LogP contribution is 2.34. The molecule has 0 spiro atoms. The van der Waals surface area contributed by atoms with Crippen LogP contribution in [0.2, 0.25) is 0 Å². The zero-order valence-electron chi connectivity index (χ0n) is 29.1. The zero-order chi connectivity index (χ0) is 38.3. The summed E-state index contributed by atoms with van der Waals surface area (Å²) in [5, 5.41) is 28.5. The monoisotopic (exact) mass is 750 g/mol. The molecule has 9 N–H and O–H groups in total. The normalized spacial score (nSPS) is 13.2. The molecule has 0 fully saturated rings. The van der Waals surface area contributed by atoms with Gasteiger partial charge in [0.05, 0.1) is 55.8 Å². The van der Waals surface area contributed by atoms with Crippen LogP contribution in [0.25, 0.3) is 21.8 Å². The van der Waals surface area contributed by atoms with Crippen molar-refractivity contribution in [3.8, 4) is 11.8 Å². The topological polar surface area (TPSA) is 246 Å². The summed E-state index contributed by atoms with van der Waals surface area (Å²) in [6, 6.07) is 20.6. The van der Waals surface area contributed by atoms with Gasteiger partial charge in [-0.2, -0.15) is 0 Å². The minimum absolute atomic E-state index is 0.0119. The van der Waals surface area contributed by atoms with Crippen LogP contribution in [0.1, 0.15) is 43.0 Å². The van der Waals surface area contributed by atoms with Gasteiger partial charge in [-0.25, -0.2) is 18.0 Å². The van der Waals surface area contributed by atoms with E-state index in [1.54, 1.807) is 60.7 Å². The number of nitrogens with one attached hydrogen (secondary N) is 5. The molecule has 6 aromatic rings. The second-order valence-corrected chi connectivity index (χ2v) is 14.2. The summed E-state index contributed by atoms with van der Waals surface area (Å²) < 4.78 is 34.8. The summed E-state index contributed by atoms with van der Waals surface area (Å²) in [5.41, 5.74) is 13.4. The molecule has 276 valence electrons. The number of nitrogens with two attached hydrogens (primary N) is 1. The van der Waals surface area contributed by atoms with Gasteiger partial charge in [-0.1, -0.05) is 0 Å².